The minimum Gasteiger partial charge on any atom is -0.624 e. The summed E-state index contributed by atoms with van der Waals surface area (Å²) in [5, 5.41) is 10.3. The van der Waals surface area contributed by atoms with Gasteiger partial charge in [-0.3, -0.25) is 0 Å². The maximum Gasteiger partial charge on any atom is 0.485 e. The Bertz CT molecular complexity index is 496. The van der Waals surface area contributed by atoms with E-state index in [4.69, 9.17) is 0 Å². The van der Waals surface area contributed by atoms with Crippen molar-refractivity contribution in [2.45, 2.75) is 52.4 Å². The van der Waals surface area contributed by atoms with Crippen LogP contribution in [0.25, 0.3) is 0 Å². The summed E-state index contributed by atoms with van der Waals surface area (Å²) in [7, 11) is 0. The second-order valence-corrected chi connectivity index (χ2v) is 7.06. The van der Waals surface area contributed by atoms with Crippen LogP contribution < -0.4 is 0 Å². The molecule has 0 amide bonds. The first-order valence-corrected chi connectivity index (χ1v) is 6.74. The van der Waals surface area contributed by atoms with Crippen LogP contribution in [0.1, 0.15) is 63.0 Å². The molecule has 0 bridgehead atoms. The highest BCUT2D eigenvalue weighted by atomic mass is 27.1. The summed E-state index contributed by atoms with van der Waals surface area (Å²) >= 11 is 1.92. The molecule has 0 heterocycles. The van der Waals surface area contributed by atoms with Crippen LogP contribution in [0, 0.1) is 0 Å². The Morgan fingerprint density at radius 1 is 1.10 bits per heavy atom. The molecule has 1 rings (SSSR count). The van der Waals surface area contributed by atoms with E-state index in [2.05, 4.69) is 24.6 Å². The molecule has 0 aliphatic carbocycles. The third kappa shape index (κ3) is 3.99. The predicted octanol–water partition coefficient (Wildman–Crippen LogP) is 2.40. The van der Waals surface area contributed by atoms with Gasteiger partial charge in [-0.2, -0.15) is 0 Å². The molecule has 0 aliphatic rings. The first-order chi connectivity index (χ1) is 8.48. The highest BCUT2D eigenvalue weighted by molar-refractivity contribution is 6.10. The summed E-state index contributed by atoms with van der Waals surface area (Å²) in [6, 6.07) is 3.67. The Morgan fingerprint density at radius 3 is 1.95 bits per heavy atom. The molecule has 0 fully saturated rings. The van der Waals surface area contributed by atoms with E-state index < -0.39 is 5.97 Å². The molecule has 0 unspecified atom stereocenters. The summed E-state index contributed by atoms with van der Waals surface area (Å²) in [6.45, 7) is 12.2. The molecule has 0 spiro atoms. The topological polar surface area (TPSA) is 78.0 Å². The van der Waals surface area contributed by atoms with Crippen LogP contribution in [0.2, 0.25) is 0 Å². The number of aromatic hydroxyl groups is 1. The minimum absolute atomic E-state index is 0. The maximum absolute atomic E-state index is 11.8. The van der Waals surface area contributed by atoms with Crippen LogP contribution in [-0.4, -0.2) is 33.2 Å². The number of carbonyl (C=O) groups excluding carboxylic acids is 1. The zero-order chi connectivity index (χ0) is 15.0. The highest BCUT2D eigenvalue weighted by Crippen LogP contribution is 2.37. The van der Waals surface area contributed by atoms with Crippen molar-refractivity contribution in [2.24, 2.45) is 0 Å². The first-order valence-electron chi connectivity index (χ1n) is 6.27. The minimum atomic E-state index is -0.542. The lowest BCUT2D eigenvalue weighted by atomic mass is 9.79. The maximum atomic E-state index is 11.8. The van der Waals surface area contributed by atoms with Crippen molar-refractivity contribution in [1.29, 1.82) is 0 Å². The van der Waals surface area contributed by atoms with Gasteiger partial charge in [0.15, 0.2) is 0 Å². The molecular formula is C15H23AlO4. The number of carbonyl (C=O) groups is 1. The summed E-state index contributed by atoms with van der Waals surface area (Å²) in [4.78, 5) is 11.8. The van der Waals surface area contributed by atoms with Crippen molar-refractivity contribution in [3.8, 4) is 5.75 Å². The molecule has 4 nitrogen and oxygen atoms in total. The number of phenolic OH excluding ortho intramolecular Hbond substituents is 1. The van der Waals surface area contributed by atoms with Crippen molar-refractivity contribution in [3.05, 3.63) is 28.8 Å². The van der Waals surface area contributed by atoms with Crippen molar-refractivity contribution in [1.82, 2.24) is 0 Å². The Labute approximate surface area is 129 Å². The molecule has 20 heavy (non-hydrogen) atoms. The monoisotopic (exact) mass is 294 g/mol. The molecule has 2 radical (unpaired) electrons. The van der Waals surface area contributed by atoms with Crippen molar-refractivity contribution < 1.29 is 19.2 Å². The lowest BCUT2D eigenvalue weighted by Gasteiger charge is -2.27. The second kappa shape index (κ2) is 6.17. The summed E-state index contributed by atoms with van der Waals surface area (Å²) in [5.74, 6) is -0.535. The fourth-order valence-corrected chi connectivity index (χ4v) is 1.99. The van der Waals surface area contributed by atoms with Gasteiger partial charge in [-0.1, -0.05) is 47.6 Å². The average molecular weight is 294 g/mol. The Balaban J connectivity index is 0.00000361. The molecule has 0 aromatic heterocycles. The highest BCUT2D eigenvalue weighted by Gasteiger charge is 2.26. The summed E-state index contributed by atoms with van der Waals surface area (Å²) in [6.07, 6.45) is 0. The van der Waals surface area contributed by atoms with E-state index in [1.807, 2.05) is 43.5 Å². The molecule has 0 aliphatic heterocycles. The second-order valence-electron chi connectivity index (χ2n) is 6.83. The molecule has 0 atom stereocenters. The van der Waals surface area contributed by atoms with E-state index in [-0.39, 0.29) is 27.6 Å². The fourth-order valence-electron chi connectivity index (χ4n) is 1.86. The third-order valence-electron chi connectivity index (χ3n) is 3.11. The lowest BCUT2D eigenvalue weighted by Crippen LogP contribution is -2.19. The van der Waals surface area contributed by atoms with Crippen molar-refractivity contribution in [2.75, 3.05) is 0 Å². The van der Waals surface area contributed by atoms with E-state index >= 15 is 0 Å². The Kier molecular flexibility index (Phi) is 5.86. The number of rotatable bonds is 1. The van der Waals surface area contributed by atoms with Gasteiger partial charge in [0, 0.05) is 5.56 Å². The van der Waals surface area contributed by atoms with Gasteiger partial charge in [0.1, 0.15) is 5.75 Å². The SMILES string of the molecule is CC(C)(C)c1cc(C(=O)[O][Al])c(O)c(C(C)(C)C)c1.O. The number of hydrogen-bond donors (Lipinski definition) is 1. The van der Waals surface area contributed by atoms with Gasteiger partial charge in [0.25, 0.3) is 0 Å². The van der Waals surface area contributed by atoms with Crippen LogP contribution in [0.15, 0.2) is 12.1 Å². The van der Waals surface area contributed by atoms with Gasteiger partial charge in [0.05, 0.1) is 5.56 Å². The smallest absolute Gasteiger partial charge is 0.485 e. The van der Waals surface area contributed by atoms with Gasteiger partial charge in [-0.25, -0.2) is 4.79 Å². The lowest BCUT2D eigenvalue weighted by molar-refractivity contribution is 0.0746. The van der Waals surface area contributed by atoms with E-state index in [1.54, 1.807) is 6.07 Å². The molecule has 3 N–H and O–H groups in total. The van der Waals surface area contributed by atoms with Crippen LogP contribution in [0.3, 0.4) is 0 Å². The van der Waals surface area contributed by atoms with Crippen LogP contribution in [0.4, 0.5) is 0 Å². The zero-order valence-electron chi connectivity index (χ0n) is 13.0. The van der Waals surface area contributed by atoms with E-state index in [0.29, 0.717) is 0 Å². The number of benzene rings is 1. The standard InChI is InChI=1S/C15H22O3.Al.H2O/c1-14(2,3)9-7-10(13(17)18)12(16)11(8-9)15(4,5)6;;/h7-8,16H,1-6H3,(H,17,18);;1H2/q;+1;/p-1. The molecule has 1 aromatic rings. The van der Waals surface area contributed by atoms with Crippen molar-refractivity contribution in [3.63, 3.8) is 0 Å². The fraction of sp³-hybridized carbons (Fsp3) is 0.533. The van der Waals surface area contributed by atoms with Crippen molar-refractivity contribution >= 4 is 22.6 Å². The predicted molar refractivity (Wildman–Crippen MR) is 80.3 cm³/mol. The zero-order valence-corrected chi connectivity index (χ0v) is 14.2. The number of hydrogen-bond acceptors (Lipinski definition) is 3. The largest absolute Gasteiger partial charge is 0.624 e. The molecular weight excluding hydrogens is 271 g/mol. The molecule has 0 saturated carbocycles. The van der Waals surface area contributed by atoms with Crippen LogP contribution in [-0.2, 0) is 14.6 Å². The summed E-state index contributed by atoms with van der Waals surface area (Å²) in [5.41, 5.74) is 1.61. The average Bonchev–Trinajstić information content (AvgIpc) is 2.25. The first kappa shape index (κ1) is 19.0. The van der Waals surface area contributed by atoms with Gasteiger partial charge in [-0.15, -0.1) is 0 Å². The number of phenols is 1. The van der Waals surface area contributed by atoms with E-state index in [0.717, 1.165) is 11.1 Å². The summed E-state index contributed by atoms with van der Waals surface area (Å²) < 4.78 is 4.67. The molecule has 0 saturated heterocycles. The molecule has 5 heteroatoms. The van der Waals surface area contributed by atoms with Crippen LogP contribution >= 0.6 is 0 Å². The Hall–Kier alpha value is -1.02. The normalized spacial score (nSPS) is 11.7. The molecule has 1 aromatic carbocycles. The molecule has 110 valence electrons. The van der Waals surface area contributed by atoms with Gasteiger partial charge < -0.3 is 14.4 Å². The quantitative estimate of drug-likeness (QED) is 0.808. The third-order valence-corrected chi connectivity index (χ3v) is 3.32. The van der Waals surface area contributed by atoms with Gasteiger partial charge >= 0.3 is 22.6 Å². The van der Waals surface area contributed by atoms with Gasteiger partial charge in [-0.05, 0) is 22.5 Å². The van der Waals surface area contributed by atoms with Gasteiger partial charge in [0.2, 0.25) is 0 Å². The Morgan fingerprint density at radius 2 is 1.60 bits per heavy atom. The van der Waals surface area contributed by atoms with E-state index in [9.17, 15) is 9.90 Å². The van der Waals surface area contributed by atoms with Crippen LogP contribution in [0.5, 0.6) is 5.75 Å². The van der Waals surface area contributed by atoms with E-state index in [1.165, 1.54) is 0 Å².